The van der Waals surface area contributed by atoms with Crippen molar-refractivity contribution in [3.63, 3.8) is 0 Å². The maximum Gasteiger partial charge on any atom is 0.234 e. The molecule has 2 fully saturated rings. The lowest BCUT2D eigenvalue weighted by molar-refractivity contribution is -0.122. The molecule has 0 atom stereocenters. The van der Waals surface area contributed by atoms with E-state index >= 15 is 0 Å². The molecule has 3 rings (SSSR count). The lowest BCUT2D eigenvalue weighted by Gasteiger charge is -2.36. The summed E-state index contributed by atoms with van der Waals surface area (Å²) >= 11 is 0. The van der Waals surface area contributed by atoms with Crippen molar-refractivity contribution in [2.24, 2.45) is 4.99 Å². The van der Waals surface area contributed by atoms with Crippen molar-refractivity contribution in [1.82, 2.24) is 20.4 Å². The van der Waals surface area contributed by atoms with Gasteiger partial charge in [-0.3, -0.25) is 14.7 Å². The molecule has 7 nitrogen and oxygen atoms in total. The predicted molar refractivity (Wildman–Crippen MR) is 137 cm³/mol. The van der Waals surface area contributed by atoms with Crippen LogP contribution in [0, 0.1) is 0 Å². The number of piperazine rings is 1. The van der Waals surface area contributed by atoms with Gasteiger partial charge in [-0.15, -0.1) is 24.0 Å². The molecule has 1 saturated heterocycles. The number of ether oxygens (including phenoxy) is 1. The summed E-state index contributed by atoms with van der Waals surface area (Å²) in [5.41, 5.74) is 1.12. The minimum Gasteiger partial charge on any atom is -0.497 e. The molecule has 0 aromatic heterocycles. The van der Waals surface area contributed by atoms with Crippen molar-refractivity contribution in [3.8, 4) is 5.75 Å². The lowest BCUT2D eigenvalue weighted by atomic mass is 9.84. The molecular formula is C23H38IN5O2. The Morgan fingerprint density at radius 1 is 1.23 bits per heavy atom. The van der Waals surface area contributed by atoms with Gasteiger partial charge in [0.15, 0.2) is 5.96 Å². The summed E-state index contributed by atoms with van der Waals surface area (Å²) in [4.78, 5) is 21.6. The normalized spacial score (nSPS) is 17.7. The molecule has 0 unspecified atom stereocenters. The minimum absolute atomic E-state index is 0. The van der Waals surface area contributed by atoms with E-state index in [1.54, 1.807) is 7.11 Å². The van der Waals surface area contributed by atoms with Gasteiger partial charge in [-0.2, -0.15) is 0 Å². The Balaban J connectivity index is 0.00000341. The van der Waals surface area contributed by atoms with Gasteiger partial charge in [-0.05, 0) is 37.5 Å². The number of nitrogens with zero attached hydrogens (tertiary/aromatic N) is 3. The highest BCUT2D eigenvalue weighted by Gasteiger charge is 2.26. The first-order valence-electron chi connectivity index (χ1n) is 11.1. The second-order valence-corrected chi connectivity index (χ2v) is 8.89. The van der Waals surface area contributed by atoms with E-state index in [1.165, 1.54) is 5.56 Å². The smallest absolute Gasteiger partial charge is 0.234 e. The van der Waals surface area contributed by atoms with Crippen LogP contribution in [0.1, 0.15) is 39.2 Å². The average molecular weight is 543 g/mol. The Hall–Kier alpha value is -1.55. The largest absolute Gasteiger partial charge is 0.497 e. The second kappa shape index (κ2) is 11.9. The van der Waals surface area contributed by atoms with Crippen molar-refractivity contribution in [3.05, 3.63) is 29.8 Å². The Bertz CT molecular complexity index is 743. The molecule has 1 aromatic rings. The van der Waals surface area contributed by atoms with E-state index in [1.807, 2.05) is 12.1 Å². The lowest BCUT2D eigenvalue weighted by Crippen LogP contribution is -2.54. The molecule has 1 amide bonds. The van der Waals surface area contributed by atoms with Crippen LogP contribution in [0.25, 0.3) is 0 Å². The van der Waals surface area contributed by atoms with Crippen LogP contribution < -0.4 is 15.4 Å². The number of hydrogen-bond acceptors (Lipinski definition) is 4. The van der Waals surface area contributed by atoms with Crippen LogP contribution in [-0.4, -0.2) is 80.6 Å². The predicted octanol–water partition coefficient (Wildman–Crippen LogP) is 2.45. The first-order chi connectivity index (χ1) is 14.4. The van der Waals surface area contributed by atoms with Crippen LogP contribution in [0.4, 0.5) is 0 Å². The monoisotopic (exact) mass is 543 g/mol. The highest BCUT2D eigenvalue weighted by Crippen LogP contribution is 2.27. The summed E-state index contributed by atoms with van der Waals surface area (Å²) in [5, 5.41) is 6.52. The van der Waals surface area contributed by atoms with Crippen LogP contribution in [-0.2, 0) is 10.2 Å². The Kier molecular flexibility index (Phi) is 9.87. The fourth-order valence-corrected chi connectivity index (χ4v) is 3.66. The van der Waals surface area contributed by atoms with Crippen LogP contribution in [0.15, 0.2) is 29.3 Å². The number of nitrogens with one attached hydrogen (secondary N) is 2. The van der Waals surface area contributed by atoms with E-state index in [0.29, 0.717) is 19.1 Å². The molecule has 1 aliphatic heterocycles. The fourth-order valence-electron chi connectivity index (χ4n) is 3.66. The number of hydrogen-bond donors (Lipinski definition) is 2. The topological polar surface area (TPSA) is 69.2 Å². The number of halogens is 1. The van der Waals surface area contributed by atoms with Crippen molar-refractivity contribution in [2.45, 2.75) is 45.1 Å². The zero-order chi connectivity index (χ0) is 21.6. The summed E-state index contributed by atoms with van der Waals surface area (Å²) in [5.74, 6) is 1.99. The molecule has 1 aliphatic carbocycles. The first kappa shape index (κ1) is 25.7. The molecule has 0 radical (unpaired) electrons. The second-order valence-electron chi connectivity index (χ2n) is 8.89. The van der Waals surface area contributed by atoms with Crippen LogP contribution in [0.5, 0.6) is 5.75 Å². The van der Waals surface area contributed by atoms with Crippen molar-refractivity contribution in [2.75, 3.05) is 52.9 Å². The molecule has 174 valence electrons. The fraction of sp³-hybridized carbons (Fsp3) is 0.652. The molecule has 1 aromatic carbocycles. The molecule has 1 heterocycles. The van der Waals surface area contributed by atoms with E-state index < -0.39 is 0 Å². The molecule has 2 N–H and O–H groups in total. The molecule has 31 heavy (non-hydrogen) atoms. The van der Waals surface area contributed by atoms with Gasteiger partial charge in [0.25, 0.3) is 0 Å². The Morgan fingerprint density at radius 3 is 2.55 bits per heavy atom. The molecule has 2 aliphatic rings. The third kappa shape index (κ3) is 7.82. The number of amides is 1. The van der Waals surface area contributed by atoms with E-state index in [0.717, 1.165) is 57.3 Å². The van der Waals surface area contributed by atoms with Gasteiger partial charge in [0.2, 0.25) is 5.91 Å². The summed E-state index contributed by atoms with van der Waals surface area (Å²) in [6.07, 6.45) is 2.27. The average Bonchev–Trinajstić information content (AvgIpc) is 3.55. The molecule has 8 heteroatoms. The van der Waals surface area contributed by atoms with Gasteiger partial charge in [-0.1, -0.05) is 26.0 Å². The van der Waals surface area contributed by atoms with Crippen LogP contribution >= 0.6 is 24.0 Å². The van der Waals surface area contributed by atoms with Gasteiger partial charge >= 0.3 is 0 Å². The van der Waals surface area contributed by atoms with Crippen LogP contribution in [0.2, 0.25) is 0 Å². The summed E-state index contributed by atoms with van der Waals surface area (Å²) in [6.45, 7) is 12.1. The van der Waals surface area contributed by atoms with Gasteiger partial charge in [-0.25, -0.2) is 0 Å². The van der Waals surface area contributed by atoms with Crippen molar-refractivity contribution >= 4 is 35.8 Å². The first-order valence-corrected chi connectivity index (χ1v) is 11.1. The van der Waals surface area contributed by atoms with Crippen molar-refractivity contribution < 1.29 is 9.53 Å². The zero-order valence-corrected chi connectivity index (χ0v) is 21.6. The summed E-state index contributed by atoms with van der Waals surface area (Å²) in [6, 6.07) is 8.66. The van der Waals surface area contributed by atoms with Gasteiger partial charge < -0.3 is 20.3 Å². The van der Waals surface area contributed by atoms with Crippen LogP contribution in [0.3, 0.4) is 0 Å². The van der Waals surface area contributed by atoms with Gasteiger partial charge in [0.1, 0.15) is 5.75 Å². The van der Waals surface area contributed by atoms with E-state index in [-0.39, 0.29) is 35.3 Å². The number of carbonyl (C=O) groups excluding carboxylic acids is 1. The minimum atomic E-state index is -0.0993. The van der Waals surface area contributed by atoms with Gasteiger partial charge in [0.05, 0.1) is 20.2 Å². The quantitative estimate of drug-likeness (QED) is 0.300. The Labute approximate surface area is 204 Å². The van der Waals surface area contributed by atoms with Gasteiger partial charge in [0, 0.05) is 44.2 Å². The van der Waals surface area contributed by atoms with E-state index in [2.05, 4.69) is 53.3 Å². The summed E-state index contributed by atoms with van der Waals surface area (Å²) in [7, 11) is 1.70. The Morgan fingerprint density at radius 2 is 1.94 bits per heavy atom. The standard InChI is InChI=1S/C23H37N5O2.HI/c1-5-24-22(25-17-23(2,3)18-7-6-8-20(15-18)30-4)28-13-11-27(12-14-28)16-21(29)26-19-9-10-19;/h6-8,15,19H,5,9-14,16-17H2,1-4H3,(H,24,25)(H,26,29);1H. The molecular weight excluding hydrogens is 505 g/mol. The SMILES string of the molecule is CCNC(=NCC(C)(C)c1cccc(OC)c1)N1CCN(CC(=O)NC2CC2)CC1.I. The number of guanidine groups is 1. The molecule has 0 bridgehead atoms. The summed E-state index contributed by atoms with van der Waals surface area (Å²) < 4.78 is 5.38. The highest BCUT2D eigenvalue weighted by atomic mass is 127. The number of rotatable bonds is 8. The zero-order valence-electron chi connectivity index (χ0n) is 19.3. The van der Waals surface area contributed by atoms with E-state index in [9.17, 15) is 4.79 Å². The maximum atomic E-state index is 12.1. The third-order valence-electron chi connectivity index (χ3n) is 5.79. The molecule has 1 saturated carbocycles. The van der Waals surface area contributed by atoms with Crippen molar-refractivity contribution in [1.29, 1.82) is 0 Å². The number of carbonyl (C=O) groups is 1. The maximum absolute atomic E-state index is 12.1. The number of aliphatic imine (C=N–C) groups is 1. The number of methoxy groups -OCH3 is 1. The molecule has 0 spiro atoms. The third-order valence-corrected chi connectivity index (χ3v) is 5.79. The highest BCUT2D eigenvalue weighted by molar-refractivity contribution is 14.0. The van der Waals surface area contributed by atoms with E-state index in [4.69, 9.17) is 9.73 Å². The number of benzene rings is 1.